The van der Waals surface area contributed by atoms with Crippen LogP contribution in [0.5, 0.6) is 0 Å². The summed E-state index contributed by atoms with van der Waals surface area (Å²) in [6.45, 7) is 1.68. The standard InChI is InChI=1S/C16H14F3N5O2/c17-16(18,19)11-6-22-15(25)23-13(11)10-8-24(12-7-20-4-5-26-12)14-9(10)2-1-3-21-14/h1-3,6,8,12,20H,4-5,7H2,(H,22,23,25). The van der Waals surface area contributed by atoms with Gasteiger partial charge in [-0.25, -0.2) is 14.8 Å². The monoisotopic (exact) mass is 365 g/mol. The number of alkyl halides is 3. The molecule has 10 heteroatoms. The highest BCUT2D eigenvalue weighted by molar-refractivity contribution is 5.93. The largest absolute Gasteiger partial charge is 0.419 e. The smallest absolute Gasteiger partial charge is 0.355 e. The molecule has 1 aliphatic heterocycles. The lowest BCUT2D eigenvalue weighted by molar-refractivity contribution is -0.137. The normalized spacial score (nSPS) is 18.3. The van der Waals surface area contributed by atoms with Crippen molar-refractivity contribution in [1.29, 1.82) is 0 Å². The van der Waals surface area contributed by atoms with E-state index in [-0.39, 0.29) is 11.3 Å². The Hall–Kier alpha value is -2.72. The van der Waals surface area contributed by atoms with Crippen LogP contribution in [0.1, 0.15) is 11.8 Å². The van der Waals surface area contributed by atoms with Crippen LogP contribution in [0.15, 0.2) is 35.5 Å². The Bertz CT molecular complexity index is 1010. The average Bonchev–Trinajstić information content (AvgIpc) is 3.01. The molecule has 3 aromatic rings. The second-order valence-corrected chi connectivity index (χ2v) is 5.83. The lowest BCUT2D eigenvalue weighted by atomic mass is 10.1. The zero-order valence-electron chi connectivity index (χ0n) is 13.4. The van der Waals surface area contributed by atoms with Crippen LogP contribution in [0.25, 0.3) is 22.3 Å². The summed E-state index contributed by atoms with van der Waals surface area (Å²) >= 11 is 0. The minimum atomic E-state index is -4.66. The number of hydrogen-bond acceptors (Lipinski definition) is 5. The maximum absolute atomic E-state index is 13.4. The Morgan fingerprint density at radius 1 is 1.31 bits per heavy atom. The summed E-state index contributed by atoms with van der Waals surface area (Å²) < 4.78 is 47.6. The molecule has 1 fully saturated rings. The van der Waals surface area contributed by atoms with Gasteiger partial charge in [-0.1, -0.05) is 0 Å². The van der Waals surface area contributed by atoms with Crippen LogP contribution in [0.3, 0.4) is 0 Å². The zero-order valence-corrected chi connectivity index (χ0v) is 13.4. The molecule has 2 N–H and O–H groups in total. The van der Waals surface area contributed by atoms with Crippen LogP contribution in [0.2, 0.25) is 0 Å². The molecule has 1 saturated heterocycles. The number of rotatable bonds is 2. The lowest BCUT2D eigenvalue weighted by Gasteiger charge is -2.25. The minimum absolute atomic E-state index is 0.217. The summed E-state index contributed by atoms with van der Waals surface area (Å²) in [5.41, 5.74) is -1.51. The van der Waals surface area contributed by atoms with E-state index in [4.69, 9.17) is 4.74 Å². The van der Waals surface area contributed by atoms with Crippen LogP contribution in [0, 0.1) is 0 Å². The summed E-state index contributed by atoms with van der Waals surface area (Å²) in [5, 5.41) is 3.65. The molecule has 26 heavy (non-hydrogen) atoms. The first kappa shape index (κ1) is 16.7. The highest BCUT2D eigenvalue weighted by Gasteiger charge is 2.36. The summed E-state index contributed by atoms with van der Waals surface area (Å²) in [6.07, 6.45) is -1.44. The van der Waals surface area contributed by atoms with E-state index in [1.54, 1.807) is 22.9 Å². The van der Waals surface area contributed by atoms with Gasteiger partial charge in [0.25, 0.3) is 0 Å². The third-order valence-corrected chi connectivity index (χ3v) is 4.19. The summed E-state index contributed by atoms with van der Waals surface area (Å²) in [6, 6.07) is 3.28. The zero-order chi connectivity index (χ0) is 18.3. The highest BCUT2D eigenvalue weighted by atomic mass is 19.4. The molecule has 7 nitrogen and oxygen atoms in total. The molecular weight excluding hydrogens is 351 g/mol. The van der Waals surface area contributed by atoms with Gasteiger partial charge in [-0.3, -0.25) is 0 Å². The molecular formula is C16H14F3N5O2. The number of nitrogens with one attached hydrogen (secondary N) is 2. The Kier molecular flexibility index (Phi) is 4.00. The highest BCUT2D eigenvalue weighted by Crippen LogP contribution is 2.38. The van der Waals surface area contributed by atoms with Crippen molar-refractivity contribution in [2.75, 3.05) is 19.7 Å². The second kappa shape index (κ2) is 6.22. The molecule has 1 atom stereocenters. The topological polar surface area (TPSA) is 84.8 Å². The third kappa shape index (κ3) is 2.86. The summed E-state index contributed by atoms with van der Waals surface area (Å²) in [5.74, 6) is 0. The van der Waals surface area contributed by atoms with E-state index < -0.39 is 23.7 Å². The van der Waals surface area contributed by atoms with Crippen molar-refractivity contribution in [2.45, 2.75) is 12.4 Å². The maximum atomic E-state index is 13.4. The van der Waals surface area contributed by atoms with Crippen molar-refractivity contribution in [3.63, 3.8) is 0 Å². The van der Waals surface area contributed by atoms with Crippen molar-refractivity contribution in [3.8, 4) is 11.3 Å². The molecule has 136 valence electrons. The van der Waals surface area contributed by atoms with Crippen LogP contribution < -0.4 is 11.0 Å². The third-order valence-electron chi connectivity index (χ3n) is 4.19. The second-order valence-electron chi connectivity index (χ2n) is 5.83. The molecule has 0 aliphatic carbocycles. The molecule has 0 saturated carbocycles. The molecule has 1 unspecified atom stereocenters. The Labute approximate surface area is 144 Å². The van der Waals surface area contributed by atoms with Gasteiger partial charge >= 0.3 is 11.9 Å². The number of aromatic nitrogens is 4. The number of pyridine rings is 1. The number of fused-ring (bicyclic) bond motifs is 1. The van der Waals surface area contributed by atoms with Crippen LogP contribution in [0.4, 0.5) is 13.2 Å². The summed E-state index contributed by atoms with van der Waals surface area (Å²) in [7, 11) is 0. The molecule has 0 aromatic carbocycles. The first-order chi connectivity index (χ1) is 12.4. The van der Waals surface area contributed by atoms with E-state index in [1.807, 2.05) is 0 Å². The van der Waals surface area contributed by atoms with E-state index in [2.05, 4.69) is 20.3 Å². The first-order valence-corrected chi connectivity index (χ1v) is 7.90. The quantitative estimate of drug-likeness (QED) is 0.725. The first-order valence-electron chi connectivity index (χ1n) is 7.90. The van der Waals surface area contributed by atoms with E-state index in [9.17, 15) is 18.0 Å². The van der Waals surface area contributed by atoms with Gasteiger partial charge in [0.05, 0.1) is 17.9 Å². The molecule has 1 aliphatic rings. The Morgan fingerprint density at radius 2 is 2.15 bits per heavy atom. The predicted octanol–water partition coefficient (Wildman–Crippen LogP) is 1.92. The van der Waals surface area contributed by atoms with Gasteiger partial charge in [-0.15, -0.1) is 0 Å². The fourth-order valence-electron chi connectivity index (χ4n) is 3.05. The molecule has 0 amide bonds. The number of nitrogens with zero attached hydrogens (tertiary/aromatic N) is 3. The molecule has 0 bridgehead atoms. The van der Waals surface area contributed by atoms with E-state index >= 15 is 0 Å². The van der Waals surface area contributed by atoms with Gasteiger partial charge in [0.2, 0.25) is 0 Å². The Morgan fingerprint density at radius 3 is 2.88 bits per heavy atom. The van der Waals surface area contributed by atoms with E-state index in [1.165, 1.54) is 6.20 Å². The maximum Gasteiger partial charge on any atom is 0.419 e. The van der Waals surface area contributed by atoms with Crippen molar-refractivity contribution < 1.29 is 17.9 Å². The number of H-pyrrole nitrogens is 1. The van der Waals surface area contributed by atoms with Gasteiger partial charge in [0, 0.05) is 42.6 Å². The number of halogens is 3. The predicted molar refractivity (Wildman–Crippen MR) is 86.4 cm³/mol. The average molecular weight is 365 g/mol. The molecule has 4 rings (SSSR count). The number of morpholine rings is 1. The van der Waals surface area contributed by atoms with Crippen LogP contribution >= 0.6 is 0 Å². The number of hydrogen-bond donors (Lipinski definition) is 2. The van der Waals surface area contributed by atoms with Crippen LogP contribution in [-0.2, 0) is 10.9 Å². The fraction of sp³-hybridized carbons (Fsp3) is 0.312. The fourth-order valence-corrected chi connectivity index (χ4v) is 3.05. The van der Waals surface area contributed by atoms with Crippen molar-refractivity contribution in [3.05, 3.63) is 46.8 Å². The Balaban J connectivity index is 1.96. The van der Waals surface area contributed by atoms with E-state index in [0.29, 0.717) is 36.9 Å². The van der Waals surface area contributed by atoms with Gasteiger partial charge in [-0.05, 0) is 12.1 Å². The van der Waals surface area contributed by atoms with Gasteiger partial charge in [0.1, 0.15) is 11.9 Å². The SMILES string of the molecule is O=c1ncc(C(F)(F)F)c(-c2cn(C3CNCCO3)c3ncccc23)[nH]1. The van der Waals surface area contributed by atoms with Gasteiger partial charge in [0.15, 0.2) is 0 Å². The van der Waals surface area contributed by atoms with E-state index in [0.717, 1.165) is 0 Å². The molecule has 4 heterocycles. The van der Waals surface area contributed by atoms with Crippen LogP contribution in [-0.4, -0.2) is 39.2 Å². The lowest BCUT2D eigenvalue weighted by Crippen LogP contribution is -2.36. The number of ether oxygens (including phenoxy) is 1. The summed E-state index contributed by atoms with van der Waals surface area (Å²) in [4.78, 5) is 21.3. The van der Waals surface area contributed by atoms with Gasteiger partial charge in [-0.2, -0.15) is 13.2 Å². The molecule has 0 spiro atoms. The molecule has 3 aromatic heterocycles. The van der Waals surface area contributed by atoms with Gasteiger partial charge < -0.3 is 19.6 Å². The van der Waals surface area contributed by atoms with Crippen molar-refractivity contribution in [1.82, 2.24) is 24.8 Å². The minimum Gasteiger partial charge on any atom is -0.355 e. The van der Waals surface area contributed by atoms with Crippen molar-refractivity contribution in [2.24, 2.45) is 0 Å². The number of aromatic amines is 1. The van der Waals surface area contributed by atoms with Crippen molar-refractivity contribution >= 4 is 11.0 Å². The molecule has 0 radical (unpaired) electrons.